The summed E-state index contributed by atoms with van der Waals surface area (Å²) in [6.45, 7) is 4.36. The Morgan fingerprint density at radius 1 is 0.481 bits per heavy atom. The third kappa shape index (κ3) is 3.52. The Hall–Kier alpha value is -3.26. The Labute approximate surface area is 160 Å². The van der Waals surface area contributed by atoms with Crippen molar-refractivity contribution < 1.29 is 0 Å². The number of nitrogens with zero attached hydrogens (tertiary/aromatic N) is 2. The van der Waals surface area contributed by atoms with Crippen molar-refractivity contribution >= 4 is 0 Å². The number of rotatable bonds is 4. The highest BCUT2D eigenvalue weighted by molar-refractivity contribution is 5.60. The molecule has 2 aromatic carbocycles. The van der Waals surface area contributed by atoms with Gasteiger partial charge in [0.1, 0.15) is 0 Å². The van der Waals surface area contributed by atoms with E-state index in [0.29, 0.717) is 0 Å². The summed E-state index contributed by atoms with van der Waals surface area (Å²) in [6, 6.07) is 33.0. The predicted molar refractivity (Wildman–Crippen MR) is 111 cm³/mol. The standard InChI is InChI=1S/C25H22N2/c1-25(2,23-17-9-15-21(26-23)19-11-5-3-6-12-19)24-18-10-16-22(27-24)20-13-7-4-8-14-20/h3-18H,1-2H3. The summed E-state index contributed by atoms with van der Waals surface area (Å²) in [5, 5.41) is 0. The zero-order valence-electron chi connectivity index (χ0n) is 15.6. The van der Waals surface area contributed by atoms with E-state index in [2.05, 4.69) is 74.5 Å². The second-order valence-electron chi connectivity index (χ2n) is 7.17. The third-order valence-electron chi connectivity index (χ3n) is 4.92. The van der Waals surface area contributed by atoms with Gasteiger partial charge in [0.25, 0.3) is 0 Å². The summed E-state index contributed by atoms with van der Waals surface area (Å²) < 4.78 is 0. The average molecular weight is 350 g/mol. The molecule has 132 valence electrons. The van der Waals surface area contributed by atoms with Gasteiger partial charge in [-0.2, -0.15) is 0 Å². The fourth-order valence-electron chi connectivity index (χ4n) is 3.24. The maximum Gasteiger partial charge on any atom is 0.0705 e. The number of hydrogen-bond donors (Lipinski definition) is 0. The van der Waals surface area contributed by atoms with E-state index in [9.17, 15) is 0 Å². The summed E-state index contributed by atoms with van der Waals surface area (Å²) in [4.78, 5) is 9.91. The maximum absolute atomic E-state index is 4.95. The van der Waals surface area contributed by atoms with E-state index in [1.165, 1.54) is 0 Å². The molecule has 2 aromatic heterocycles. The van der Waals surface area contributed by atoms with Crippen LogP contribution in [0.1, 0.15) is 25.2 Å². The lowest BCUT2D eigenvalue weighted by Crippen LogP contribution is -2.22. The molecule has 0 radical (unpaired) electrons. The minimum atomic E-state index is -0.296. The van der Waals surface area contributed by atoms with Crippen molar-refractivity contribution in [1.82, 2.24) is 9.97 Å². The first-order chi connectivity index (χ1) is 13.1. The third-order valence-corrected chi connectivity index (χ3v) is 4.92. The van der Waals surface area contributed by atoms with Crippen LogP contribution >= 0.6 is 0 Å². The molecular weight excluding hydrogens is 328 g/mol. The van der Waals surface area contributed by atoms with E-state index in [1.54, 1.807) is 0 Å². The fourth-order valence-corrected chi connectivity index (χ4v) is 3.24. The summed E-state index contributed by atoms with van der Waals surface area (Å²) in [5.41, 5.74) is 5.96. The highest BCUT2D eigenvalue weighted by atomic mass is 14.8. The molecule has 0 saturated heterocycles. The second kappa shape index (κ2) is 7.16. The van der Waals surface area contributed by atoms with Crippen LogP contribution in [-0.4, -0.2) is 9.97 Å². The summed E-state index contributed by atoms with van der Waals surface area (Å²) in [5.74, 6) is 0. The molecule has 4 rings (SSSR count). The summed E-state index contributed by atoms with van der Waals surface area (Å²) in [6.07, 6.45) is 0. The van der Waals surface area contributed by atoms with Crippen LogP contribution in [0.25, 0.3) is 22.5 Å². The monoisotopic (exact) mass is 350 g/mol. The first kappa shape index (κ1) is 17.2. The van der Waals surface area contributed by atoms with Crippen molar-refractivity contribution in [2.45, 2.75) is 19.3 Å². The van der Waals surface area contributed by atoms with E-state index in [4.69, 9.17) is 9.97 Å². The molecule has 0 spiro atoms. The van der Waals surface area contributed by atoms with Gasteiger partial charge in [0, 0.05) is 16.5 Å². The highest BCUT2D eigenvalue weighted by Crippen LogP contribution is 2.31. The molecule has 0 atom stereocenters. The quantitative estimate of drug-likeness (QED) is 0.442. The van der Waals surface area contributed by atoms with Crippen LogP contribution in [0.5, 0.6) is 0 Å². The number of pyridine rings is 2. The van der Waals surface area contributed by atoms with Gasteiger partial charge in [0.05, 0.1) is 22.8 Å². The molecule has 2 nitrogen and oxygen atoms in total. The van der Waals surface area contributed by atoms with E-state index >= 15 is 0 Å². The van der Waals surface area contributed by atoms with Gasteiger partial charge in [0.2, 0.25) is 0 Å². The van der Waals surface area contributed by atoms with Gasteiger partial charge >= 0.3 is 0 Å². The van der Waals surface area contributed by atoms with Crippen molar-refractivity contribution in [3.8, 4) is 22.5 Å². The predicted octanol–water partition coefficient (Wildman–Crippen LogP) is 6.14. The molecule has 0 unspecified atom stereocenters. The van der Waals surface area contributed by atoms with Gasteiger partial charge in [-0.05, 0) is 38.1 Å². The van der Waals surface area contributed by atoms with Crippen LogP contribution in [0.15, 0.2) is 97.1 Å². The van der Waals surface area contributed by atoms with Crippen LogP contribution in [0.3, 0.4) is 0 Å². The first-order valence-electron chi connectivity index (χ1n) is 9.20. The van der Waals surface area contributed by atoms with Crippen LogP contribution in [0.2, 0.25) is 0 Å². The maximum atomic E-state index is 4.95. The normalized spacial score (nSPS) is 11.3. The molecule has 0 aliphatic heterocycles. The largest absolute Gasteiger partial charge is 0.252 e. The van der Waals surface area contributed by atoms with Crippen molar-refractivity contribution in [3.05, 3.63) is 108 Å². The van der Waals surface area contributed by atoms with Gasteiger partial charge in [-0.25, -0.2) is 0 Å². The Kier molecular flexibility index (Phi) is 4.55. The Balaban J connectivity index is 1.74. The van der Waals surface area contributed by atoms with Crippen LogP contribution < -0.4 is 0 Å². The topological polar surface area (TPSA) is 25.8 Å². The first-order valence-corrected chi connectivity index (χ1v) is 9.20. The van der Waals surface area contributed by atoms with Gasteiger partial charge in [-0.3, -0.25) is 9.97 Å². The van der Waals surface area contributed by atoms with Gasteiger partial charge in [0.15, 0.2) is 0 Å². The molecule has 2 heterocycles. The van der Waals surface area contributed by atoms with E-state index in [-0.39, 0.29) is 5.41 Å². The van der Waals surface area contributed by atoms with Crippen molar-refractivity contribution in [3.63, 3.8) is 0 Å². The molecule has 0 bridgehead atoms. The zero-order chi connectivity index (χ0) is 18.7. The van der Waals surface area contributed by atoms with Gasteiger partial charge < -0.3 is 0 Å². The lowest BCUT2D eigenvalue weighted by molar-refractivity contribution is 0.597. The fraction of sp³-hybridized carbons (Fsp3) is 0.120. The van der Waals surface area contributed by atoms with Crippen molar-refractivity contribution in [1.29, 1.82) is 0 Å². The molecule has 0 fully saturated rings. The summed E-state index contributed by atoms with van der Waals surface area (Å²) >= 11 is 0. The lowest BCUT2D eigenvalue weighted by Gasteiger charge is -2.24. The average Bonchev–Trinajstić information content (AvgIpc) is 2.75. The van der Waals surface area contributed by atoms with Crippen LogP contribution in [0.4, 0.5) is 0 Å². The smallest absolute Gasteiger partial charge is 0.0705 e. The SMILES string of the molecule is CC(C)(c1cccc(-c2ccccc2)n1)c1cccc(-c2ccccc2)n1. The molecule has 4 aromatic rings. The molecule has 0 aliphatic carbocycles. The number of hydrogen-bond acceptors (Lipinski definition) is 2. The van der Waals surface area contributed by atoms with Crippen molar-refractivity contribution in [2.24, 2.45) is 0 Å². The molecule has 27 heavy (non-hydrogen) atoms. The Morgan fingerprint density at radius 3 is 1.30 bits per heavy atom. The molecule has 0 N–H and O–H groups in total. The molecule has 0 saturated carbocycles. The summed E-state index contributed by atoms with van der Waals surface area (Å²) in [7, 11) is 0. The Morgan fingerprint density at radius 2 is 0.889 bits per heavy atom. The molecular formula is C25H22N2. The van der Waals surface area contributed by atoms with Gasteiger partial charge in [-0.1, -0.05) is 72.8 Å². The van der Waals surface area contributed by atoms with E-state index in [0.717, 1.165) is 33.9 Å². The van der Waals surface area contributed by atoms with Crippen molar-refractivity contribution in [2.75, 3.05) is 0 Å². The molecule has 2 heteroatoms. The zero-order valence-corrected chi connectivity index (χ0v) is 15.6. The molecule has 0 amide bonds. The lowest BCUT2D eigenvalue weighted by atomic mass is 9.84. The molecule has 0 aliphatic rings. The minimum Gasteiger partial charge on any atom is -0.252 e. The van der Waals surface area contributed by atoms with Crippen LogP contribution in [0, 0.1) is 0 Å². The van der Waals surface area contributed by atoms with Gasteiger partial charge in [-0.15, -0.1) is 0 Å². The number of benzene rings is 2. The van der Waals surface area contributed by atoms with E-state index in [1.807, 2.05) is 36.4 Å². The van der Waals surface area contributed by atoms with E-state index < -0.39 is 0 Å². The second-order valence-corrected chi connectivity index (χ2v) is 7.17. The minimum absolute atomic E-state index is 0.296. The van der Waals surface area contributed by atoms with Crippen LogP contribution in [-0.2, 0) is 5.41 Å². The number of aromatic nitrogens is 2. The highest BCUT2D eigenvalue weighted by Gasteiger charge is 2.27. The Bertz CT molecular complexity index is 953.